The minimum atomic E-state index is -0.0299. The number of guanidine groups is 1. The zero-order chi connectivity index (χ0) is 22.1. The van der Waals surface area contributed by atoms with E-state index in [9.17, 15) is 4.79 Å². The number of anilines is 1. The molecule has 3 rings (SSSR count). The van der Waals surface area contributed by atoms with Gasteiger partial charge in [0.25, 0.3) is 5.91 Å². The van der Waals surface area contributed by atoms with Crippen LogP contribution in [0.3, 0.4) is 0 Å². The van der Waals surface area contributed by atoms with Gasteiger partial charge >= 0.3 is 0 Å². The Hall–Kier alpha value is -3.02. The van der Waals surface area contributed by atoms with E-state index in [0.29, 0.717) is 18.7 Å². The van der Waals surface area contributed by atoms with Gasteiger partial charge in [-0.25, -0.2) is 0 Å². The maximum absolute atomic E-state index is 12.2. The monoisotopic (exact) mass is 421 g/mol. The van der Waals surface area contributed by atoms with Gasteiger partial charge in [0, 0.05) is 44.5 Å². The molecule has 0 saturated carbocycles. The molecule has 0 radical (unpaired) electrons. The number of nitrogens with zero attached hydrogens (tertiary/aromatic N) is 2. The SMILES string of the molecule is CCCNC(=O)c1cccc(CNC(=NC)NC(C)c2cccc(N3CCCC3)c2)c1. The third kappa shape index (κ3) is 6.48. The fourth-order valence-corrected chi connectivity index (χ4v) is 3.80. The van der Waals surface area contributed by atoms with E-state index in [4.69, 9.17) is 0 Å². The van der Waals surface area contributed by atoms with Crippen molar-refractivity contribution in [1.82, 2.24) is 16.0 Å². The Morgan fingerprint density at radius 1 is 1.10 bits per heavy atom. The molecule has 1 saturated heterocycles. The molecule has 166 valence electrons. The molecule has 1 aliphatic heterocycles. The molecule has 1 aliphatic rings. The summed E-state index contributed by atoms with van der Waals surface area (Å²) < 4.78 is 0. The van der Waals surface area contributed by atoms with Crippen LogP contribution in [0.5, 0.6) is 0 Å². The van der Waals surface area contributed by atoms with Crippen LogP contribution < -0.4 is 20.9 Å². The highest BCUT2D eigenvalue weighted by Gasteiger charge is 2.14. The second-order valence-corrected chi connectivity index (χ2v) is 8.04. The first kappa shape index (κ1) is 22.7. The van der Waals surface area contributed by atoms with E-state index in [1.807, 2.05) is 31.2 Å². The Balaban J connectivity index is 1.57. The number of amides is 1. The van der Waals surface area contributed by atoms with E-state index in [-0.39, 0.29) is 11.9 Å². The summed E-state index contributed by atoms with van der Waals surface area (Å²) in [7, 11) is 1.78. The maximum atomic E-state index is 12.2. The van der Waals surface area contributed by atoms with Crippen molar-refractivity contribution in [2.75, 3.05) is 31.6 Å². The second-order valence-electron chi connectivity index (χ2n) is 8.04. The normalized spacial score (nSPS) is 14.9. The molecule has 6 nitrogen and oxygen atoms in total. The first-order valence-electron chi connectivity index (χ1n) is 11.3. The van der Waals surface area contributed by atoms with E-state index < -0.39 is 0 Å². The minimum absolute atomic E-state index is 0.0299. The number of carbonyl (C=O) groups excluding carboxylic acids is 1. The van der Waals surface area contributed by atoms with Gasteiger partial charge in [-0.3, -0.25) is 9.79 Å². The van der Waals surface area contributed by atoms with Gasteiger partial charge in [0.05, 0.1) is 6.04 Å². The highest BCUT2D eigenvalue weighted by atomic mass is 16.1. The number of nitrogens with one attached hydrogen (secondary N) is 3. The number of rotatable bonds is 8. The molecule has 2 aromatic rings. The van der Waals surface area contributed by atoms with E-state index >= 15 is 0 Å². The molecule has 0 bridgehead atoms. The molecule has 1 unspecified atom stereocenters. The fraction of sp³-hybridized carbons (Fsp3) is 0.440. The Morgan fingerprint density at radius 3 is 2.61 bits per heavy atom. The van der Waals surface area contributed by atoms with Crippen LogP contribution >= 0.6 is 0 Å². The highest BCUT2D eigenvalue weighted by Crippen LogP contribution is 2.23. The highest BCUT2D eigenvalue weighted by molar-refractivity contribution is 5.94. The van der Waals surface area contributed by atoms with Crippen molar-refractivity contribution in [2.45, 2.75) is 45.7 Å². The quantitative estimate of drug-likeness (QED) is 0.447. The zero-order valence-corrected chi connectivity index (χ0v) is 18.9. The topological polar surface area (TPSA) is 68.8 Å². The zero-order valence-electron chi connectivity index (χ0n) is 18.9. The second kappa shape index (κ2) is 11.4. The molecule has 1 heterocycles. The molecule has 1 amide bonds. The van der Waals surface area contributed by atoms with Crippen molar-refractivity contribution in [1.29, 1.82) is 0 Å². The average Bonchev–Trinajstić information content (AvgIpc) is 3.35. The Labute approximate surface area is 186 Å². The molecule has 3 N–H and O–H groups in total. The summed E-state index contributed by atoms with van der Waals surface area (Å²) in [5, 5.41) is 9.76. The first-order valence-corrected chi connectivity index (χ1v) is 11.3. The summed E-state index contributed by atoms with van der Waals surface area (Å²) in [6.45, 7) is 7.76. The lowest BCUT2D eigenvalue weighted by atomic mass is 10.1. The van der Waals surface area contributed by atoms with Gasteiger partial charge in [-0.2, -0.15) is 0 Å². The van der Waals surface area contributed by atoms with Crippen molar-refractivity contribution in [3.05, 3.63) is 65.2 Å². The number of carbonyl (C=O) groups is 1. The fourth-order valence-electron chi connectivity index (χ4n) is 3.80. The van der Waals surface area contributed by atoms with Gasteiger partial charge in [-0.1, -0.05) is 31.2 Å². The molecule has 1 atom stereocenters. The van der Waals surface area contributed by atoms with Crippen LogP contribution in [0.2, 0.25) is 0 Å². The van der Waals surface area contributed by atoms with Gasteiger partial charge in [0.1, 0.15) is 0 Å². The Bertz CT molecular complexity index is 889. The summed E-state index contributed by atoms with van der Waals surface area (Å²) in [5.41, 5.74) is 4.25. The van der Waals surface area contributed by atoms with Crippen LogP contribution in [0, 0.1) is 0 Å². The number of hydrogen-bond donors (Lipinski definition) is 3. The lowest BCUT2D eigenvalue weighted by Gasteiger charge is -2.22. The lowest BCUT2D eigenvalue weighted by Crippen LogP contribution is -2.38. The summed E-state index contributed by atoms with van der Waals surface area (Å²) in [6, 6.07) is 16.6. The van der Waals surface area contributed by atoms with Crippen LogP contribution in [0.1, 0.15) is 60.6 Å². The summed E-state index contributed by atoms with van der Waals surface area (Å²) in [4.78, 5) is 19.0. The van der Waals surface area contributed by atoms with Gasteiger partial charge < -0.3 is 20.9 Å². The van der Waals surface area contributed by atoms with E-state index in [2.05, 4.69) is 57.0 Å². The van der Waals surface area contributed by atoms with Crippen molar-refractivity contribution in [2.24, 2.45) is 4.99 Å². The molecule has 0 aromatic heterocycles. The third-order valence-electron chi connectivity index (χ3n) is 5.60. The molecule has 6 heteroatoms. The molecular weight excluding hydrogens is 386 g/mol. The van der Waals surface area contributed by atoms with Crippen molar-refractivity contribution >= 4 is 17.6 Å². The van der Waals surface area contributed by atoms with Gasteiger partial charge in [-0.05, 0) is 61.6 Å². The molecule has 2 aromatic carbocycles. The van der Waals surface area contributed by atoms with Crippen LogP contribution in [0.25, 0.3) is 0 Å². The average molecular weight is 422 g/mol. The van der Waals surface area contributed by atoms with Gasteiger partial charge in [0.2, 0.25) is 0 Å². The lowest BCUT2D eigenvalue weighted by molar-refractivity contribution is 0.0953. The van der Waals surface area contributed by atoms with Crippen molar-refractivity contribution < 1.29 is 4.79 Å². The maximum Gasteiger partial charge on any atom is 0.251 e. The predicted octanol–water partition coefficient (Wildman–Crippen LogP) is 3.85. The van der Waals surface area contributed by atoms with Crippen LogP contribution in [0.4, 0.5) is 5.69 Å². The Morgan fingerprint density at radius 2 is 1.87 bits per heavy atom. The number of hydrogen-bond acceptors (Lipinski definition) is 3. The number of benzene rings is 2. The summed E-state index contributed by atoms with van der Waals surface area (Å²) in [5.74, 6) is 0.706. The molecular formula is C25H35N5O. The van der Waals surface area contributed by atoms with E-state index in [0.717, 1.165) is 31.0 Å². The van der Waals surface area contributed by atoms with Crippen molar-refractivity contribution in [3.8, 4) is 0 Å². The van der Waals surface area contributed by atoms with Crippen molar-refractivity contribution in [3.63, 3.8) is 0 Å². The minimum Gasteiger partial charge on any atom is -0.372 e. The predicted molar refractivity (Wildman–Crippen MR) is 129 cm³/mol. The largest absolute Gasteiger partial charge is 0.372 e. The van der Waals surface area contributed by atoms with Gasteiger partial charge in [-0.15, -0.1) is 0 Å². The van der Waals surface area contributed by atoms with E-state index in [1.165, 1.54) is 24.1 Å². The van der Waals surface area contributed by atoms with Crippen LogP contribution in [-0.2, 0) is 6.54 Å². The Kier molecular flexibility index (Phi) is 8.33. The third-order valence-corrected chi connectivity index (χ3v) is 5.60. The summed E-state index contributed by atoms with van der Waals surface area (Å²) in [6.07, 6.45) is 3.47. The first-order chi connectivity index (χ1) is 15.1. The van der Waals surface area contributed by atoms with E-state index in [1.54, 1.807) is 7.05 Å². The smallest absolute Gasteiger partial charge is 0.251 e. The number of aliphatic imine (C=N–C) groups is 1. The standard InChI is InChI=1S/C25H35N5O/c1-4-13-27-24(31)22-11-7-9-20(16-22)18-28-25(26-3)29-19(2)21-10-8-12-23(17-21)30-14-5-6-15-30/h7-12,16-17,19H,4-6,13-15,18H2,1-3H3,(H,27,31)(H2,26,28,29). The van der Waals surface area contributed by atoms with Gasteiger partial charge in [0.15, 0.2) is 5.96 Å². The molecule has 31 heavy (non-hydrogen) atoms. The molecule has 1 fully saturated rings. The molecule has 0 aliphatic carbocycles. The van der Waals surface area contributed by atoms with Crippen LogP contribution in [-0.4, -0.2) is 38.5 Å². The van der Waals surface area contributed by atoms with Crippen LogP contribution in [0.15, 0.2) is 53.5 Å². The summed E-state index contributed by atoms with van der Waals surface area (Å²) >= 11 is 0. The molecule has 0 spiro atoms.